The van der Waals surface area contributed by atoms with Gasteiger partial charge in [-0.3, -0.25) is 4.90 Å². The van der Waals surface area contributed by atoms with Crippen LogP contribution >= 0.6 is 0 Å². The Morgan fingerprint density at radius 2 is 2.08 bits per heavy atom. The molecule has 0 spiro atoms. The largest absolute Gasteiger partial charge is 0.490 e. The number of carbonyl (C=O) groups excluding carboxylic acids is 1. The third-order valence-corrected chi connectivity index (χ3v) is 5.96. The van der Waals surface area contributed by atoms with Gasteiger partial charge in [-0.2, -0.15) is 10.2 Å². The number of nitrogens with zero attached hydrogens (tertiary/aromatic N) is 4. The Balaban J connectivity index is 1.63. The van der Waals surface area contributed by atoms with Gasteiger partial charge in [0.25, 0.3) is 5.89 Å². The Hall–Kier alpha value is -3.90. The van der Waals surface area contributed by atoms with E-state index in [-0.39, 0.29) is 25.3 Å². The molecule has 1 N–H and O–H groups in total. The average Bonchev–Trinajstić information content (AvgIpc) is 3.49. The number of rotatable bonds is 7. The minimum absolute atomic E-state index is 0.0550. The van der Waals surface area contributed by atoms with Crippen LogP contribution in [0.4, 0.5) is 4.79 Å². The molecule has 9 nitrogen and oxygen atoms in total. The van der Waals surface area contributed by atoms with Gasteiger partial charge >= 0.3 is 6.09 Å². The number of aliphatic hydroxyl groups excluding tert-OH is 1. The van der Waals surface area contributed by atoms with Gasteiger partial charge in [0.15, 0.2) is 0 Å². The van der Waals surface area contributed by atoms with Crippen LogP contribution in [-0.4, -0.2) is 51.1 Å². The molecule has 37 heavy (non-hydrogen) atoms. The number of amides is 1. The summed E-state index contributed by atoms with van der Waals surface area (Å²) in [6.45, 7) is 9.28. The third-order valence-electron chi connectivity index (χ3n) is 5.96. The Morgan fingerprint density at radius 1 is 1.30 bits per heavy atom. The maximum absolute atomic E-state index is 12.9. The molecule has 0 fully saturated rings. The number of nitriles is 1. The fourth-order valence-corrected chi connectivity index (χ4v) is 4.53. The van der Waals surface area contributed by atoms with Crippen molar-refractivity contribution in [2.24, 2.45) is 0 Å². The molecule has 4 rings (SSSR count). The molecule has 1 amide bonds. The van der Waals surface area contributed by atoms with E-state index >= 15 is 0 Å². The monoisotopic (exact) mass is 504 g/mol. The van der Waals surface area contributed by atoms with Crippen LogP contribution < -0.4 is 4.74 Å². The van der Waals surface area contributed by atoms with E-state index in [2.05, 4.69) is 16.2 Å². The second-order valence-corrected chi connectivity index (χ2v) is 10.2. The summed E-state index contributed by atoms with van der Waals surface area (Å²) in [5.41, 5.74) is 3.20. The second kappa shape index (κ2) is 10.6. The molecule has 0 saturated carbocycles. The lowest BCUT2D eigenvalue weighted by Crippen LogP contribution is -2.40. The highest BCUT2D eigenvalue weighted by atomic mass is 16.6. The van der Waals surface area contributed by atoms with Gasteiger partial charge < -0.3 is 19.1 Å². The number of aliphatic hydroxyl groups is 1. The topological polar surface area (TPSA) is 122 Å². The Bertz CT molecular complexity index is 1320. The fraction of sp³-hybridized carbons (Fsp3) is 0.429. The quantitative estimate of drug-likeness (QED) is 0.461. The summed E-state index contributed by atoms with van der Waals surface area (Å²) >= 11 is 0. The molecule has 1 atom stereocenters. The van der Waals surface area contributed by atoms with Crippen LogP contribution in [0.5, 0.6) is 5.75 Å². The molecular weight excluding hydrogens is 472 g/mol. The number of benzene rings is 2. The first-order valence-electron chi connectivity index (χ1n) is 12.4. The van der Waals surface area contributed by atoms with Crippen molar-refractivity contribution >= 4 is 6.09 Å². The number of hydrogen-bond donors (Lipinski definition) is 1. The van der Waals surface area contributed by atoms with E-state index in [1.165, 1.54) is 0 Å². The Kier molecular flexibility index (Phi) is 7.50. The maximum atomic E-state index is 12.9. The molecule has 194 valence electrons. The van der Waals surface area contributed by atoms with Crippen LogP contribution in [0.15, 0.2) is 40.9 Å². The van der Waals surface area contributed by atoms with E-state index in [4.69, 9.17) is 14.0 Å². The molecule has 3 aromatic rings. The standard InChI is InChI=1S/C28H32N4O5/c1-17(2)35-24-12-9-18(15-19(24)16-29)26-30-25(31-37-26)22-8-6-7-21-20(22)10-11-23(21)32(13-14-33)27(34)36-28(3,4)5/h6-9,12,15,17,23,33H,10-11,13-14H2,1-5H3. The van der Waals surface area contributed by atoms with Crippen LogP contribution in [-0.2, 0) is 11.2 Å². The van der Waals surface area contributed by atoms with Crippen LogP contribution in [0.1, 0.15) is 63.8 Å². The van der Waals surface area contributed by atoms with Crippen molar-refractivity contribution in [3.63, 3.8) is 0 Å². The zero-order valence-electron chi connectivity index (χ0n) is 21.8. The first-order valence-corrected chi connectivity index (χ1v) is 12.4. The highest BCUT2D eigenvalue weighted by molar-refractivity contribution is 5.71. The highest BCUT2D eigenvalue weighted by Gasteiger charge is 2.35. The molecule has 0 radical (unpaired) electrons. The first-order chi connectivity index (χ1) is 17.6. The Labute approximate surface area is 216 Å². The van der Waals surface area contributed by atoms with Crippen molar-refractivity contribution < 1.29 is 23.9 Å². The van der Waals surface area contributed by atoms with Crippen molar-refractivity contribution in [3.05, 3.63) is 53.1 Å². The molecule has 9 heteroatoms. The maximum Gasteiger partial charge on any atom is 0.410 e. The first kappa shape index (κ1) is 26.2. The molecule has 0 bridgehead atoms. The predicted molar refractivity (Wildman–Crippen MR) is 137 cm³/mol. The average molecular weight is 505 g/mol. The summed E-state index contributed by atoms with van der Waals surface area (Å²) in [6, 6.07) is 12.9. The van der Waals surface area contributed by atoms with Gasteiger partial charge in [-0.05, 0) is 76.8 Å². The Morgan fingerprint density at radius 3 is 2.76 bits per heavy atom. The zero-order valence-corrected chi connectivity index (χ0v) is 21.8. The minimum atomic E-state index is -0.639. The van der Waals surface area contributed by atoms with Crippen LogP contribution in [0.25, 0.3) is 22.8 Å². The minimum Gasteiger partial charge on any atom is -0.490 e. The van der Waals surface area contributed by atoms with E-state index in [1.807, 2.05) is 52.8 Å². The van der Waals surface area contributed by atoms with E-state index < -0.39 is 11.7 Å². The molecule has 1 aliphatic rings. The fourth-order valence-electron chi connectivity index (χ4n) is 4.53. The molecule has 1 aliphatic carbocycles. The lowest BCUT2D eigenvalue weighted by atomic mass is 10.0. The number of fused-ring (bicyclic) bond motifs is 1. The van der Waals surface area contributed by atoms with E-state index in [1.54, 1.807) is 23.1 Å². The number of ether oxygens (including phenoxy) is 2. The summed E-state index contributed by atoms with van der Waals surface area (Å²) < 4.78 is 16.9. The summed E-state index contributed by atoms with van der Waals surface area (Å²) in [4.78, 5) is 19.1. The lowest BCUT2D eigenvalue weighted by Gasteiger charge is -2.31. The highest BCUT2D eigenvalue weighted by Crippen LogP contribution is 2.41. The van der Waals surface area contributed by atoms with Crippen molar-refractivity contribution in [1.82, 2.24) is 15.0 Å². The molecule has 2 aromatic carbocycles. The third kappa shape index (κ3) is 5.75. The van der Waals surface area contributed by atoms with Crippen LogP contribution in [0, 0.1) is 11.3 Å². The second-order valence-electron chi connectivity index (χ2n) is 10.2. The van der Waals surface area contributed by atoms with Crippen molar-refractivity contribution in [1.29, 1.82) is 5.26 Å². The summed E-state index contributed by atoms with van der Waals surface area (Å²) in [5.74, 6) is 1.23. The summed E-state index contributed by atoms with van der Waals surface area (Å²) in [7, 11) is 0. The van der Waals surface area contributed by atoms with Crippen molar-refractivity contribution in [3.8, 4) is 34.7 Å². The van der Waals surface area contributed by atoms with E-state index in [0.717, 1.165) is 16.7 Å². The summed E-state index contributed by atoms with van der Waals surface area (Å²) in [6.07, 6.45) is 0.898. The van der Waals surface area contributed by atoms with Gasteiger partial charge in [0, 0.05) is 17.7 Å². The molecule has 0 aliphatic heterocycles. The molecule has 0 saturated heterocycles. The van der Waals surface area contributed by atoms with Gasteiger partial charge in [-0.25, -0.2) is 4.79 Å². The van der Waals surface area contributed by atoms with Gasteiger partial charge in [0.2, 0.25) is 5.82 Å². The van der Waals surface area contributed by atoms with Crippen molar-refractivity contribution in [2.45, 2.75) is 65.2 Å². The van der Waals surface area contributed by atoms with Crippen molar-refractivity contribution in [2.75, 3.05) is 13.2 Å². The van der Waals surface area contributed by atoms with Gasteiger partial charge in [-0.1, -0.05) is 23.4 Å². The smallest absolute Gasteiger partial charge is 0.410 e. The molecule has 1 unspecified atom stereocenters. The number of hydrogen-bond acceptors (Lipinski definition) is 8. The van der Waals surface area contributed by atoms with Gasteiger partial charge in [-0.15, -0.1) is 0 Å². The normalized spacial score (nSPS) is 14.8. The van der Waals surface area contributed by atoms with Gasteiger partial charge in [0.05, 0.1) is 24.3 Å². The lowest BCUT2D eigenvalue weighted by molar-refractivity contribution is 0.0120. The summed E-state index contributed by atoms with van der Waals surface area (Å²) in [5, 5.41) is 23.4. The molecular formula is C28H32N4O5. The van der Waals surface area contributed by atoms with Crippen LogP contribution in [0.3, 0.4) is 0 Å². The number of aromatic nitrogens is 2. The molecule has 1 heterocycles. The predicted octanol–water partition coefficient (Wildman–Crippen LogP) is 5.28. The van der Waals surface area contributed by atoms with E-state index in [9.17, 15) is 15.2 Å². The SMILES string of the molecule is CC(C)Oc1ccc(-c2nc(-c3cccc4c3CCC4N(CCO)C(=O)OC(C)(C)C)no2)cc1C#N. The van der Waals surface area contributed by atoms with E-state index in [0.29, 0.717) is 41.4 Å². The zero-order chi connectivity index (χ0) is 26.7. The number of carbonyl (C=O) groups is 1. The van der Waals surface area contributed by atoms with Gasteiger partial charge in [0.1, 0.15) is 17.4 Å². The molecule has 1 aromatic heterocycles. The van der Waals surface area contributed by atoms with Crippen LogP contribution in [0.2, 0.25) is 0 Å².